The van der Waals surface area contributed by atoms with Crippen molar-refractivity contribution < 1.29 is 9.53 Å². The van der Waals surface area contributed by atoms with Crippen LogP contribution in [0, 0.1) is 0 Å². The van der Waals surface area contributed by atoms with Crippen molar-refractivity contribution >= 4 is 6.29 Å². The van der Waals surface area contributed by atoms with Crippen LogP contribution in [0.1, 0.15) is 24.2 Å². The van der Waals surface area contributed by atoms with Crippen LogP contribution in [0.15, 0.2) is 42.6 Å². The second kappa shape index (κ2) is 5.45. The Balaban J connectivity index is 2.45. The fourth-order valence-corrected chi connectivity index (χ4v) is 1.72. The lowest BCUT2D eigenvalue weighted by Crippen LogP contribution is -2.07. The zero-order valence-corrected chi connectivity index (χ0v) is 10.5. The molecule has 0 radical (unpaired) electrons. The van der Waals surface area contributed by atoms with Crippen LogP contribution in [0.25, 0.3) is 11.3 Å². The standard InChI is InChI=1S/C15H15NO2/c1-11(2)18-14-7-4-8-16-15(14)13-6-3-5-12(9-13)10-17/h3-11H,1-2H3. The minimum atomic E-state index is 0.0854. The molecule has 1 heterocycles. The summed E-state index contributed by atoms with van der Waals surface area (Å²) >= 11 is 0. The number of carbonyl (C=O) groups is 1. The molecule has 0 saturated carbocycles. The van der Waals surface area contributed by atoms with Gasteiger partial charge in [0, 0.05) is 17.3 Å². The Morgan fingerprint density at radius 1 is 1.22 bits per heavy atom. The van der Waals surface area contributed by atoms with E-state index in [1.54, 1.807) is 12.3 Å². The van der Waals surface area contributed by atoms with Crippen LogP contribution in [0.5, 0.6) is 5.75 Å². The van der Waals surface area contributed by atoms with E-state index in [4.69, 9.17) is 4.74 Å². The molecular formula is C15H15NO2. The third-order valence-electron chi connectivity index (χ3n) is 2.43. The van der Waals surface area contributed by atoms with Gasteiger partial charge in [0.15, 0.2) is 0 Å². The fraction of sp³-hybridized carbons (Fsp3) is 0.200. The summed E-state index contributed by atoms with van der Waals surface area (Å²) in [5, 5.41) is 0. The number of aldehydes is 1. The van der Waals surface area contributed by atoms with Crippen molar-refractivity contribution in [1.82, 2.24) is 4.98 Å². The lowest BCUT2D eigenvalue weighted by atomic mass is 10.1. The van der Waals surface area contributed by atoms with Gasteiger partial charge in [0.1, 0.15) is 17.7 Å². The Labute approximate surface area is 106 Å². The van der Waals surface area contributed by atoms with Crippen molar-refractivity contribution in [3.05, 3.63) is 48.2 Å². The molecule has 0 spiro atoms. The zero-order valence-electron chi connectivity index (χ0n) is 10.5. The van der Waals surface area contributed by atoms with Gasteiger partial charge in [-0.15, -0.1) is 0 Å². The number of carbonyl (C=O) groups excluding carboxylic acids is 1. The Bertz CT molecular complexity index is 550. The van der Waals surface area contributed by atoms with E-state index in [1.165, 1.54) is 0 Å². The molecule has 0 fully saturated rings. The number of hydrogen-bond acceptors (Lipinski definition) is 3. The number of rotatable bonds is 4. The first kappa shape index (κ1) is 12.3. The normalized spacial score (nSPS) is 10.4. The van der Waals surface area contributed by atoms with Crippen molar-refractivity contribution in [1.29, 1.82) is 0 Å². The fourth-order valence-electron chi connectivity index (χ4n) is 1.72. The van der Waals surface area contributed by atoms with Gasteiger partial charge in [0.25, 0.3) is 0 Å². The lowest BCUT2D eigenvalue weighted by molar-refractivity contribution is 0.112. The van der Waals surface area contributed by atoms with Gasteiger partial charge in [-0.05, 0) is 32.0 Å². The molecule has 0 aliphatic rings. The van der Waals surface area contributed by atoms with Crippen LogP contribution in [-0.4, -0.2) is 17.4 Å². The van der Waals surface area contributed by atoms with E-state index in [0.717, 1.165) is 23.3 Å². The summed E-state index contributed by atoms with van der Waals surface area (Å²) in [5.74, 6) is 0.732. The van der Waals surface area contributed by atoms with E-state index in [-0.39, 0.29) is 6.10 Å². The maximum absolute atomic E-state index is 10.8. The smallest absolute Gasteiger partial charge is 0.150 e. The van der Waals surface area contributed by atoms with E-state index in [1.807, 2.05) is 44.2 Å². The number of ether oxygens (including phenoxy) is 1. The Morgan fingerprint density at radius 3 is 2.78 bits per heavy atom. The zero-order chi connectivity index (χ0) is 13.0. The molecule has 3 nitrogen and oxygen atoms in total. The lowest BCUT2D eigenvalue weighted by Gasteiger charge is -2.13. The maximum Gasteiger partial charge on any atom is 0.150 e. The quantitative estimate of drug-likeness (QED) is 0.770. The molecule has 0 saturated heterocycles. The van der Waals surface area contributed by atoms with E-state index < -0.39 is 0 Å². The Kier molecular flexibility index (Phi) is 3.72. The first-order chi connectivity index (χ1) is 8.70. The Morgan fingerprint density at radius 2 is 2.06 bits per heavy atom. The SMILES string of the molecule is CC(C)Oc1cccnc1-c1cccc(C=O)c1. The number of pyridine rings is 1. The van der Waals surface area contributed by atoms with E-state index in [0.29, 0.717) is 5.56 Å². The molecule has 0 aliphatic heterocycles. The number of hydrogen-bond donors (Lipinski definition) is 0. The van der Waals surface area contributed by atoms with Crippen LogP contribution >= 0.6 is 0 Å². The van der Waals surface area contributed by atoms with Crippen molar-refractivity contribution in [3.63, 3.8) is 0 Å². The molecule has 2 rings (SSSR count). The highest BCUT2D eigenvalue weighted by atomic mass is 16.5. The highest BCUT2D eigenvalue weighted by Crippen LogP contribution is 2.28. The Hall–Kier alpha value is -2.16. The van der Waals surface area contributed by atoms with Crippen molar-refractivity contribution in [2.45, 2.75) is 20.0 Å². The number of benzene rings is 1. The van der Waals surface area contributed by atoms with E-state index in [2.05, 4.69) is 4.98 Å². The average Bonchev–Trinajstić information content (AvgIpc) is 2.39. The molecule has 0 atom stereocenters. The number of nitrogens with zero attached hydrogens (tertiary/aromatic N) is 1. The van der Waals surface area contributed by atoms with Crippen molar-refractivity contribution in [3.8, 4) is 17.0 Å². The summed E-state index contributed by atoms with van der Waals surface area (Å²) in [5.41, 5.74) is 2.28. The summed E-state index contributed by atoms with van der Waals surface area (Å²) < 4.78 is 5.72. The third-order valence-corrected chi connectivity index (χ3v) is 2.43. The largest absolute Gasteiger partial charge is 0.489 e. The molecule has 0 N–H and O–H groups in total. The monoisotopic (exact) mass is 241 g/mol. The summed E-state index contributed by atoms with van der Waals surface area (Å²) in [4.78, 5) is 15.1. The van der Waals surface area contributed by atoms with Crippen LogP contribution in [0.4, 0.5) is 0 Å². The maximum atomic E-state index is 10.8. The summed E-state index contributed by atoms with van der Waals surface area (Å²) in [6, 6.07) is 11.1. The first-order valence-corrected chi connectivity index (χ1v) is 5.88. The van der Waals surface area contributed by atoms with E-state index >= 15 is 0 Å². The molecule has 92 valence electrons. The van der Waals surface area contributed by atoms with Crippen LogP contribution in [0.2, 0.25) is 0 Å². The van der Waals surface area contributed by atoms with Crippen molar-refractivity contribution in [2.75, 3.05) is 0 Å². The highest BCUT2D eigenvalue weighted by molar-refractivity contribution is 5.79. The van der Waals surface area contributed by atoms with Gasteiger partial charge in [-0.3, -0.25) is 9.78 Å². The van der Waals surface area contributed by atoms with Gasteiger partial charge in [-0.25, -0.2) is 0 Å². The summed E-state index contributed by atoms with van der Waals surface area (Å²) in [6.07, 6.45) is 2.63. The van der Waals surface area contributed by atoms with Gasteiger partial charge in [0.2, 0.25) is 0 Å². The molecule has 2 aromatic rings. The van der Waals surface area contributed by atoms with Gasteiger partial charge < -0.3 is 4.74 Å². The van der Waals surface area contributed by atoms with Crippen molar-refractivity contribution in [2.24, 2.45) is 0 Å². The molecule has 0 bridgehead atoms. The molecule has 0 aliphatic carbocycles. The second-order valence-corrected chi connectivity index (χ2v) is 4.26. The minimum absolute atomic E-state index is 0.0854. The topological polar surface area (TPSA) is 39.2 Å². The highest BCUT2D eigenvalue weighted by Gasteiger charge is 2.09. The number of aromatic nitrogens is 1. The first-order valence-electron chi connectivity index (χ1n) is 5.88. The molecule has 18 heavy (non-hydrogen) atoms. The molecular weight excluding hydrogens is 226 g/mol. The van der Waals surface area contributed by atoms with Gasteiger partial charge >= 0.3 is 0 Å². The predicted molar refractivity (Wildman–Crippen MR) is 70.8 cm³/mol. The minimum Gasteiger partial charge on any atom is -0.489 e. The molecule has 1 aromatic heterocycles. The van der Waals surface area contributed by atoms with Crippen LogP contribution in [0.3, 0.4) is 0 Å². The summed E-state index contributed by atoms with van der Waals surface area (Å²) in [6.45, 7) is 3.94. The third kappa shape index (κ3) is 2.74. The molecule has 1 aromatic carbocycles. The summed E-state index contributed by atoms with van der Waals surface area (Å²) in [7, 11) is 0. The molecule has 3 heteroatoms. The molecule has 0 unspecified atom stereocenters. The van der Waals surface area contributed by atoms with Crippen LogP contribution in [-0.2, 0) is 0 Å². The average molecular weight is 241 g/mol. The predicted octanol–water partition coefficient (Wildman–Crippen LogP) is 3.35. The van der Waals surface area contributed by atoms with Gasteiger partial charge in [-0.1, -0.05) is 18.2 Å². The van der Waals surface area contributed by atoms with Gasteiger partial charge in [-0.2, -0.15) is 0 Å². The molecule has 0 amide bonds. The van der Waals surface area contributed by atoms with Crippen LogP contribution < -0.4 is 4.74 Å². The second-order valence-electron chi connectivity index (χ2n) is 4.26. The van der Waals surface area contributed by atoms with Gasteiger partial charge in [0.05, 0.1) is 6.10 Å². The van der Waals surface area contributed by atoms with E-state index in [9.17, 15) is 4.79 Å².